The molecule has 0 saturated carbocycles. The summed E-state index contributed by atoms with van der Waals surface area (Å²) in [6.07, 6.45) is 0. The van der Waals surface area contributed by atoms with Crippen LogP contribution in [0.4, 0.5) is 20.3 Å². The van der Waals surface area contributed by atoms with Gasteiger partial charge in [-0.25, -0.2) is 13.6 Å². The van der Waals surface area contributed by atoms with Gasteiger partial charge in [-0.05, 0) is 17.7 Å². The summed E-state index contributed by atoms with van der Waals surface area (Å²) in [5.41, 5.74) is 4.42. The third kappa shape index (κ3) is 4.86. The molecule has 31 heavy (non-hydrogen) atoms. The number of carbonyl (C=O) groups is 1. The van der Waals surface area contributed by atoms with Crippen molar-refractivity contribution in [2.45, 2.75) is 13.1 Å². The molecule has 0 aliphatic rings. The van der Waals surface area contributed by atoms with E-state index >= 15 is 0 Å². The van der Waals surface area contributed by atoms with Crippen molar-refractivity contribution in [2.24, 2.45) is 0 Å². The van der Waals surface area contributed by atoms with E-state index in [1.54, 1.807) is 30.3 Å². The van der Waals surface area contributed by atoms with Gasteiger partial charge >= 0.3 is 5.69 Å². The van der Waals surface area contributed by atoms with E-state index in [2.05, 4.69) is 4.98 Å². The number of anilines is 2. The van der Waals surface area contributed by atoms with Crippen LogP contribution < -0.4 is 21.9 Å². The predicted octanol–water partition coefficient (Wildman–Crippen LogP) is 1.89. The van der Waals surface area contributed by atoms with Gasteiger partial charge in [-0.15, -0.1) is 0 Å². The lowest BCUT2D eigenvalue weighted by atomic mass is 10.1. The first-order chi connectivity index (χ1) is 14.8. The third-order valence-corrected chi connectivity index (χ3v) is 4.54. The molecule has 0 bridgehead atoms. The summed E-state index contributed by atoms with van der Waals surface area (Å²) in [6, 6.07) is 11.0. The number of rotatable bonds is 7. The number of nitrogen functional groups attached to an aromatic ring is 1. The molecule has 1 heterocycles. The molecule has 0 saturated heterocycles. The maximum atomic E-state index is 13.7. The molecule has 0 unspecified atom stereocenters. The molecule has 0 spiro atoms. The van der Waals surface area contributed by atoms with Gasteiger partial charge in [-0.2, -0.15) is 0 Å². The molecule has 162 valence electrons. The second kappa shape index (κ2) is 9.35. The SMILES string of the molecule is COCCn1c(N)c(N(Cc2ccccc2)C(=O)c2cc(F)cc(F)c2)c(=O)[nH]c1=O. The molecule has 0 aliphatic carbocycles. The van der Waals surface area contributed by atoms with Gasteiger partial charge in [0.15, 0.2) is 5.69 Å². The van der Waals surface area contributed by atoms with Crippen molar-refractivity contribution in [1.29, 1.82) is 0 Å². The number of benzene rings is 2. The Hall–Kier alpha value is -3.79. The van der Waals surface area contributed by atoms with Crippen molar-refractivity contribution < 1.29 is 18.3 Å². The van der Waals surface area contributed by atoms with Crippen molar-refractivity contribution in [3.63, 3.8) is 0 Å². The first-order valence-corrected chi connectivity index (χ1v) is 9.25. The largest absolute Gasteiger partial charge is 0.383 e. The summed E-state index contributed by atoms with van der Waals surface area (Å²) >= 11 is 0. The lowest BCUT2D eigenvalue weighted by Crippen LogP contribution is -2.41. The van der Waals surface area contributed by atoms with Crippen LogP contribution in [0.1, 0.15) is 15.9 Å². The Morgan fingerprint density at radius 2 is 1.77 bits per heavy atom. The van der Waals surface area contributed by atoms with E-state index in [9.17, 15) is 23.2 Å². The maximum absolute atomic E-state index is 13.7. The van der Waals surface area contributed by atoms with E-state index in [0.717, 1.165) is 21.6 Å². The zero-order valence-electron chi connectivity index (χ0n) is 16.6. The fraction of sp³-hybridized carbons (Fsp3) is 0.190. The van der Waals surface area contributed by atoms with Gasteiger partial charge in [0.25, 0.3) is 11.5 Å². The number of carbonyl (C=O) groups excluding carboxylic acids is 1. The molecule has 1 amide bonds. The van der Waals surface area contributed by atoms with Gasteiger partial charge in [0.05, 0.1) is 19.7 Å². The minimum Gasteiger partial charge on any atom is -0.383 e. The maximum Gasteiger partial charge on any atom is 0.330 e. The molecule has 3 N–H and O–H groups in total. The zero-order valence-corrected chi connectivity index (χ0v) is 16.6. The Kier molecular flexibility index (Phi) is 6.61. The Labute approximate surface area is 175 Å². The second-order valence-electron chi connectivity index (χ2n) is 6.67. The summed E-state index contributed by atoms with van der Waals surface area (Å²) in [6.45, 7) is 0.0117. The van der Waals surface area contributed by atoms with Crippen LogP contribution in [0.25, 0.3) is 0 Å². The van der Waals surface area contributed by atoms with Crippen LogP contribution >= 0.6 is 0 Å². The molecule has 0 fully saturated rings. The fourth-order valence-electron chi connectivity index (χ4n) is 3.09. The van der Waals surface area contributed by atoms with Gasteiger partial charge in [-0.3, -0.25) is 24.0 Å². The molecule has 0 atom stereocenters. The monoisotopic (exact) mass is 430 g/mol. The average Bonchev–Trinajstić information content (AvgIpc) is 2.72. The molecule has 2 aromatic carbocycles. The smallest absolute Gasteiger partial charge is 0.330 e. The van der Waals surface area contributed by atoms with E-state index in [4.69, 9.17) is 10.5 Å². The van der Waals surface area contributed by atoms with E-state index in [1.807, 2.05) is 0 Å². The number of nitrogens with two attached hydrogens (primary N) is 1. The minimum atomic E-state index is -0.949. The van der Waals surface area contributed by atoms with Gasteiger partial charge < -0.3 is 10.5 Å². The summed E-state index contributed by atoms with van der Waals surface area (Å²) in [5.74, 6) is -3.03. The number of aromatic amines is 1. The number of halogens is 2. The van der Waals surface area contributed by atoms with Crippen LogP contribution in [0, 0.1) is 11.6 Å². The van der Waals surface area contributed by atoms with Crippen LogP contribution in [-0.4, -0.2) is 29.2 Å². The van der Waals surface area contributed by atoms with Crippen molar-refractivity contribution in [1.82, 2.24) is 9.55 Å². The van der Waals surface area contributed by atoms with Crippen LogP contribution in [0.2, 0.25) is 0 Å². The van der Waals surface area contributed by atoms with Gasteiger partial charge in [0.1, 0.15) is 17.5 Å². The Bertz CT molecular complexity index is 1190. The van der Waals surface area contributed by atoms with Gasteiger partial charge in [-0.1, -0.05) is 30.3 Å². The summed E-state index contributed by atoms with van der Waals surface area (Å²) in [5, 5.41) is 0. The topological polar surface area (TPSA) is 110 Å². The molecular weight excluding hydrogens is 410 g/mol. The van der Waals surface area contributed by atoms with Crippen molar-refractivity contribution in [3.05, 3.63) is 92.1 Å². The molecule has 8 nitrogen and oxygen atoms in total. The van der Waals surface area contributed by atoms with E-state index < -0.39 is 28.8 Å². The first kappa shape index (κ1) is 21.9. The molecule has 3 rings (SSSR count). The lowest BCUT2D eigenvalue weighted by molar-refractivity contribution is 0.0983. The highest BCUT2D eigenvalue weighted by molar-refractivity contribution is 6.07. The number of H-pyrrole nitrogens is 1. The van der Waals surface area contributed by atoms with Gasteiger partial charge in [0.2, 0.25) is 0 Å². The van der Waals surface area contributed by atoms with Crippen LogP contribution in [0.15, 0.2) is 58.1 Å². The molecule has 10 heteroatoms. The Morgan fingerprint density at radius 3 is 2.39 bits per heavy atom. The highest BCUT2D eigenvalue weighted by atomic mass is 19.1. The Morgan fingerprint density at radius 1 is 1.13 bits per heavy atom. The number of nitrogens with one attached hydrogen (secondary N) is 1. The number of methoxy groups -OCH3 is 1. The lowest BCUT2D eigenvalue weighted by Gasteiger charge is -2.25. The molecule has 0 aliphatic heterocycles. The van der Waals surface area contributed by atoms with Crippen molar-refractivity contribution in [3.8, 4) is 0 Å². The van der Waals surface area contributed by atoms with Crippen molar-refractivity contribution in [2.75, 3.05) is 24.4 Å². The Balaban J connectivity index is 2.18. The number of aromatic nitrogens is 2. The number of amides is 1. The van der Waals surface area contributed by atoms with Crippen LogP contribution in [0.5, 0.6) is 0 Å². The van der Waals surface area contributed by atoms with Crippen molar-refractivity contribution >= 4 is 17.4 Å². The minimum absolute atomic E-state index is 0.0207. The number of ether oxygens (including phenoxy) is 1. The van der Waals surface area contributed by atoms with Gasteiger partial charge in [0, 0.05) is 18.7 Å². The summed E-state index contributed by atoms with van der Waals surface area (Å²) < 4.78 is 33.5. The number of hydrogen-bond acceptors (Lipinski definition) is 5. The van der Waals surface area contributed by atoms with E-state index in [1.165, 1.54) is 7.11 Å². The normalized spacial score (nSPS) is 10.8. The quantitative estimate of drug-likeness (QED) is 0.595. The van der Waals surface area contributed by atoms with Crippen LogP contribution in [-0.2, 0) is 17.8 Å². The summed E-state index contributed by atoms with van der Waals surface area (Å²) in [7, 11) is 1.43. The molecule has 1 aromatic heterocycles. The third-order valence-electron chi connectivity index (χ3n) is 4.54. The average molecular weight is 430 g/mol. The standard InChI is InChI=1S/C21H20F2N4O4/c1-31-8-7-26-18(24)17(19(28)25-21(26)30)27(12-13-5-3-2-4-6-13)20(29)14-9-15(22)11-16(23)10-14/h2-6,9-11H,7-8,12,24H2,1H3,(H,25,28,30). The van der Waals surface area contributed by atoms with Crippen LogP contribution in [0.3, 0.4) is 0 Å². The first-order valence-electron chi connectivity index (χ1n) is 9.25. The number of hydrogen-bond donors (Lipinski definition) is 2. The highest BCUT2D eigenvalue weighted by Gasteiger charge is 2.26. The van der Waals surface area contributed by atoms with E-state index in [-0.39, 0.29) is 36.8 Å². The highest BCUT2D eigenvalue weighted by Crippen LogP contribution is 2.23. The predicted molar refractivity (Wildman–Crippen MR) is 111 cm³/mol. The summed E-state index contributed by atoms with van der Waals surface area (Å²) in [4.78, 5) is 41.2. The number of nitrogens with zero attached hydrogens (tertiary/aromatic N) is 2. The molecular formula is C21H20F2N4O4. The molecule has 0 radical (unpaired) electrons. The second-order valence-corrected chi connectivity index (χ2v) is 6.67. The zero-order chi connectivity index (χ0) is 22.5. The van der Waals surface area contributed by atoms with E-state index in [0.29, 0.717) is 11.6 Å². The fourth-order valence-corrected chi connectivity index (χ4v) is 3.09. The molecule has 3 aromatic rings.